The van der Waals surface area contributed by atoms with E-state index in [1.54, 1.807) is 4.90 Å². The number of carbonyl (C=O) groups is 2. The van der Waals surface area contributed by atoms with Gasteiger partial charge in [-0.05, 0) is 23.3 Å². The van der Waals surface area contributed by atoms with Gasteiger partial charge in [0.2, 0.25) is 5.91 Å². The van der Waals surface area contributed by atoms with Crippen LogP contribution in [0, 0.1) is 0 Å². The maximum Gasteiger partial charge on any atom is 0.259 e. The Morgan fingerprint density at radius 3 is 2.33 bits per heavy atom. The van der Waals surface area contributed by atoms with Crippen LogP contribution in [0.1, 0.15) is 16.7 Å². The molecular formula is C26H22N4O2S. The monoisotopic (exact) mass is 454 g/mol. The molecule has 5 rings (SSSR count). The number of benzene rings is 3. The van der Waals surface area contributed by atoms with Gasteiger partial charge in [-0.2, -0.15) is 0 Å². The molecule has 2 aliphatic rings. The molecule has 0 spiro atoms. The van der Waals surface area contributed by atoms with Crippen LogP contribution in [0.15, 0.2) is 94.9 Å². The molecule has 1 atom stereocenters. The summed E-state index contributed by atoms with van der Waals surface area (Å²) in [5.41, 5.74) is 3.68. The third-order valence-corrected chi connectivity index (χ3v) is 6.42. The van der Waals surface area contributed by atoms with Crippen molar-refractivity contribution in [1.29, 1.82) is 0 Å². The highest BCUT2D eigenvalue weighted by atomic mass is 32.2. The van der Waals surface area contributed by atoms with Gasteiger partial charge in [0.15, 0.2) is 5.17 Å². The lowest BCUT2D eigenvalue weighted by Crippen LogP contribution is -2.42. The van der Waals surface area contributed by atoms with E-state index < -0.39 is 6.04 Å². The minimum atomic E-state index is -0.508. The fourth-order valence-corrected chi connectivity index (χ4v) is 4.68. The molecule has 0 saturated carbocycles. The largest absolute Gasteiger partial charge is 0.351 e. The molecule has 0 fully saturated rings. The summed E-state index contributed by atoms with van der Waals surface area (Å²) in [6, 6.07) is 26.8. The number of nitrogens with zero attached hydrogens (tertiary/aromatic N) is 3. The van der Waals surface area contributed by atoms with E-state index >= 15 is 0 Å². The van der Waals surface area contributed by atoms with Crippen molar-refractivity contribution in [3.8, 4) is 0 Å². The number of para-hydroxylation sites is 1. The van der Waals surface area contributed by atoms with Crippen molar-refractivity contribution in [2.45, 2.75) is 19.0 Å². The van der Waals surface area contributed by atoms with Crippen LogP contribution < -0.4 is 5.32 Å². The number of aliphatic imine (C=N–C) groups is 2. The average Bonchev–Trinajstić information content (AvgIpc) is 3.19. The predicted octanol–water partition coefficient (Wildman–Crippen LogP) is 3.94. The summed E-state index contributed by atoms with van der Waals surface area (Å²) in [6.07, 6.45) is 0.525. The van der Waals surface area contributed by atoms with Crippen LogP contribution >= 0.6 is 11.8 Å². The number of fused-ring (bicyclic) bond motifs is 3. The molecule has 0 bridgehead atoms. The lowest BCUT2D eigenvalue weighted by atomic mass is 10.1. The smallest absolute Gasteiger partial charge is 0.259 e. The van der Waals surface area contributed by atoms with Crippen LogP contribution in [0.3, 0.4) is 0 Å². The third-order valence-electron chi connectivity index (χ3n) is 5.48. The number of hydrogen-bond acceptors (Lipinski definition) is 5. The fraction of sp³-hybridized carbons (Fsp3) is 0.154. The molecule has 33 heavy (non-hydrogen) atoms. The second-order valence-electron chi connectivity index (χ2n) is 7.79. The number of nitrogens with one attached hydrogen (secondary N) is 1. The molecule has 1 unspecified atom stereocenters. The lowest BCUT2D eigenvalue weighted by molar-refractivity contribution is -0.124. The van der Waals surface area contributed by atoms with E-state index in [-0.39, 0.29) is 17.6 Å². The van der Waals surface area contributed by atoms with E-state index in [0.717, 1.165) is 22.4 Å². The number of rotatable bonds is 6. The van der Waals surface area contributed by atoms with Gasteiger partial charge in [0.1, 0.15) is 11.9 Å². The predicted molar refractivity (Wildman–Crippen MR) is 132 cm³/mol. The lowest BCUT2D eigenvalue weighted by Gasteiger charge is -2.25. The van der Waals surface area contributed by atoms with Crippen molar-refractivity contribution in [1.82, 2.24) is 10.2 Å². The van der Waals surface area contributed by atoms with Gasteiger partial charge in [0.05, 0.1) is 11.4 Å². The summed E-state index contributed by atoms with van der Waals surface area (Å²) in [7, 11) is 0. The van der Waals surface area contributed by atoms with Crippen molar-refractivity contribution in [3.05, 3.63) is 102 Å². The topological polar surface area (TPSA) is 74.1 Å². The highest BCUT2D eigenvalue weighted by Crippen LogP contribution is 2.34. The van der Waals surface area contributed by atoms with Gasteiger partial charge in [-0.15, -0.1) is 0 Å². The van der Waals surface area contributed by atoms with E-state index in [4.69, 9.17) is 9.98 Å². The van der Waals surface area contributed by atoms with E-state index in [9.17, 15) is 9.59 Å². The van der Waals surface area contributed by atoms with E-state index in [2.05, 4.69) is 5.32 Å². The summed E-state index contributed by atoms with van der Waals surface area (Å²) in [5.74, 6) is 0.545. The number of thioether (sulfide) groups is 1. The van der Waals surface area contributed by atoms with Gasteiger partial charge in [-0.3, -0.25) is 14.6 Å². The molecule has 2 aliphatic heterocycles. The Labute approximate surface area is 196 Å². The van der Waals surface area contributed by atoms with E-state index in [1.165, 1.54) is 11.8 Å². The SMILES string of the molecule is O=C(CSC1=Nc2ccccc2C2=NC(Cc3ccccc3)C(=O)N12)NCc1ccccc1. The first kappa shape index (κ1) is 21.2. The van der Waals surface area contributed by atoms with Crippen molar-refractivity contribution < 1.29 is 9.59 Å². The molecule has 2 amide bonds. The summed E-state index contributed by atoms with van der Waals surface area (Å²) in [5, 5.41) is 3.41. The van der Waals surface area contributed by atoms with Crippen molar-refractivity contribution in [2.75, 3.05) is 5.75 Å². The second-order valence-corrected chi connectivity index (χ2v) is 8.74. The third kappa shape index (κ3) is 4.59. The number of hydrogen-bond donors (Lipinski definition) is 1. The Balaban J connectivity index is 1.33. The van der Waals surface area contributed by atoms with Crippen LogP contribution in [0.5, 0.6) is 0 Å². The highest BCUT2D eigenvalue weighted by Gasteiger charge is 2.41. The Kier molecular flexibility index (Phi) is 6.04. The Hall–Kier alpha value is -3.71. The van der Waals surface area contributed by atoms with Gasteiger partial charge in [-0.25, -0.2) is 9.89 Å². The molecule has 164 valence electrons. The van der Waals surface area contributed by atoms with Crippen molar-refractivity contribution >= 4 is 40.3 Å². The zero-order valence-electron chi connectivity index (χ0n) is 17.8. The standard InChI is InChI=1S/C26H22N4O2S/c31-23(27-16-19-11-5-2-6-12-19)17-33-26-29-21-14-8-7-13-20(21)24-28-22(25(32)30(24)26)15-18-9-3-1-4-10-18/h1-14,22H,15-17H2,(H,27,31). The summed E-state index contributed by atoms with van der Waals surface area (Å²) < 4.78 is 0. The average molecular weight is 455 g/mol. The first-order valence-electron chi connectivity index (χ1n) is 10.8. The van der Waals surface area contributed by atoms with Crippen LogP contribution in [0.2, 0.25) is 0 Å². The highest BCUT2D eigenvalue weighted by molar-refractivity contribution is 8.14. The second kappa shape index (κ2) is 9.42. The maximum atomic E-state index is 13.3. The van der Waals surface area contributed by atoms with Gasteiger partial charge >= 0.3 is 0 Å². The van der Waals surface area contributed by atoms with E-state index in [1.807, 2.05) is 84.9 Å². The molecule has 0 aliphatic carbocycles. The number of amides is 2. The molecule has 7 heteroatoms. The Morgan fingerprint density at radius 2 is 1.58 bits per heavy atom. The molecule has 0 saturated heterocycles. The van der Waals surface area contributed by atoms with Crippen LogP contribution in [0.4, 0.5) is 5.69 Å². The first-order chi connectivity index (χ1) is 16.2. The molecule has 1 N–H and O–H groups in total. The van der Waals surface area contributed by atoms with Crippen LogP contribution in [0.25, 0.3) is 0 Å². The van der Waals surface area contributed by atoms with Gasteiger partial charge in [0.25, 0.3) is 5.91 Å². The maximum absolute atomic E-state index is 13.3. The van der Waals surface area contributed by atoms with Crippen molar-refractivity contribution in [2.24, 2.45) is 9.98 Å². The van der Waals surface area contributed by atoms with Gasteiger partial charge in [-0.1, -0.05) is 84.6 Å². The minimum Gasteiger partial charge on any atom is -0.351 e. The molecular weight excluding hydrogens is 432 g/mol. The number of carbonyl (C=O) groups excluding carboxylic acids is 2. The van der Waals surface area contributed by atoms with Gasteiger partial charge in [0, 0.05) is 18.5 Å². The van der Waals surface area contributed by atoms with E-state index in [0.29, 0.717) is 24.0 Å². The number of amidine groups is 2. The summed E-state index contributed by atoms with van der Waals surface area (Å²) >= 11 is 1.25. The van der Waals surface area contributed by atoms with Crippen molar-refractivity contribution in [3.63, 3.8) is 0 Å². The quantitative estimate of drug-likeness (QED) is 0.613. The normalized spacial score (nSPS) is 16.5. The summed E-state index contributed by atoms with van der Waals surface area (Å²) in [6.45, 7) is 0.462. The molecule has 3 aromatic carbocycles. The zero-order valence-corrected chi connectivity index (χ0v) is 18.7. The Bertz CT molecular complexity index is 1240. The molecule has 0 aromatic heterocycles. The van der Waals surface area contributed by atoms with Gasteiger partial charge < -0.3 is 5.32 Å². The molecule has 6 nitrogen and oxygen atoms in total. The molecule has 0 radical (unpaired) electrons. The molecule has 3 aromatic rings. The van der Waals surface area contributed by atoms with Crippen LogP contribution in [-0.2, 0) is 22.6 Å². The fourth-order valence-electron chi connectivity index (χ4n) is 3.85. The Morgan fingerprint density at radius 1 is 0.909 bits per heavy atom. The first-order valence-corrected chi connectivity index (χ1v) is 11.7. The zero-order chi connectivity index (χ0) is 22.6. The molecule has 2 heterocycles. The van der Waals surface area contributed by atoms with Crippen LogP contribution in [-0.4, -0.2) is 39.5 Å². The minimum absolute atomic E-state index is 0.112. The summed E-state index contributed by atoms with van der Waals surface area (Å²) in [4.78, 5) is 36.8.